The third-order valence-electron chi connectivity index (χ3n) is 7.12. The van der Waals surface area contributed by atoms with Crippen LogP contribution in [0.15, 0.2) is 83.8 Å². The van der Waals surface area contributed by atoms with Gasteiger partial charge in [-0.05, 0) is 54.3 Å². The van der Waals surface area contributed by atoms with Crippen LogP contribution in [0.1, 0.15) is 47.2 Å². The molecule has 3 aromatic rings. The summed E-state index contributed by atoms with van der Waals surface area (Å²) in [4.78, 5) is 28.6. The Hall–Kier alpha value is -3.49. The van der Waals surface area contributed by atoms with E-state index >= 15 is 0 Å². The van der Waals surface area contributed by atoms with Crippen molar-refractivity contribution in [3.05, 3.63) is 95.6 Å². The third kappa shape index (κ3) is 5.45. The van der Waals surface area contributed by atoms with Crippen molar-refractivity contribution < 1.29 is 18.0 Å². The average molecular weight is 518 g/mol. The van der Waals surface area contributed by atoms with Crippen molar-refractivity contribution >= 4 is 27.5 Å². The molecule has 2 aliphatic heterocycles. The van der Waals surface area contributed by atoms with Gasteiger partial charge >= 0.3 is 0 Å². The SMILES string of the molecule is O=C(Nc1ccc(S(=O)(=O)N2CCCCCC2)cc1)[C@H](Cc1ccccc1)N1Cc2ccccc2C1=O. The van der Waals surface area contributed by atoms with E-state index in [2.05, 4.69) is 5.32 Å². The lowest BCUT2D eigenvalue weighted by atomic mass is 10.0. The summed E-state index contributed by atoms with van der Waals surface area (Å²) in [7, 11) is -3.57. The molecule has 8 heteroatoms. The Labute approximate surface area is 218 Å². The van der Waals surface area contributed by atoms with Crippen molar-refractivity contribution in [2.75, 3.05) is 18.4 Å². The minimum absolute atomic E-state index is 0.162. The first-order valence-corrected chi connectivity index (χ1v) is 14.2. The van der Waals surface area contributed by atoms with Gasteiger partial charge in [0.15, 0.2) is 0 Å². The van der Waals surface area contributed by atoms with Crippen LogP contribution in [0.4, 0.5) is 5.69 Å². The van der Waals surface area contributed by atoms with Crippen LogP contribution in [0.25, 0.3) is 0 Å². The normalized spacial score (nSPS) is 17.2. The van der Waals surface area contributed by atoms with Crippen molar-refractivity contribution in [1.29, 1.82) is 0 Å². The molecule has 0 radical (unpaired) electrons. The van der Waals surface area contributed by atoms with Gasteiger partial charge in [0.05, 0.1) is 4.90 Å². The first kappa shape index (κ1) is 25.2. The van der Waals surface area contributed by atoms with Crippen LogP contribution in [-0.2, 0) is 27.8 Å². The van der Waals surface area contributed by atoms with Gasteiger partial charge < -0.3 is 10.2 Å². The quantitative estimate of drug-likeness (QED) is 0.502. The molecule has 1 N–H and O–H groups in total. The van der Waals surface area contributed by atoms with Crippen LogP contribution in [0, 0.1) is 0 Å². The molecular formula is C29H31N3O4S. The van der Waals surface area contributed by atoms with Gasteiger partial charge in [0.1, 0.15) is 6.04 Å². The molecule has 2 amide bonds. The number of benzene rings is 3. The summed E-state index contributed by atoms with van der Waals surface area (Å²) in [6.45, 7) is 1.44. The maximum Gasteiger partial charge on any atom is 0.255 e. The van der Waals surface area contributed by atoms with Gasteiger partial charge in [0.25, 0.3) is 5.91 Å². The zero-order valence-electron chi connectivity index (χ0n) is 20.7. The molecule has 7 nitrogen and oxygen atoms in total. The van der Waals surface area contributed by atoms with E-state index in [1.54, 1.807) is 39.5 Å². The van der Waals surface area contributed by atoms with Crippen LogP contribution in [0.3, 0.4) is 0 Å². The lowest BCUT2D eigenvalue weighted by molar-refractivity contribution is -0.120. The maximum atomic E-state index is 13.5. The lowest BCUT2D eigenvalue weighted by Gasteiger charge is -2.27. The number of anilines is 1. The molecule has 1 saturated heterocycles. The van der Waals surface area contributed by atoms with Gasteiger partial charge in [-0.1, -0.05) is 61.4 Å². The van der Waals surface area contributed by atoms with E-state index in [4.69, 9.17) is 0 Å². The van der Waals surface area contributed by atoms with Crippen molar-refractivity contribution in [3.63, 3.8) is 0 Å². The van der Waals surface area contributed by atoms with Crippen molar-refractivity contribution in [3.8, 4) is 0 Å². The standard InChI is InChI=1S/C29H31N3O4S/c33-28(30-24-14-16-25(17-15-24)37(35,36)31-18-8-1-2-9-19-31)27(20-22-10-4-3-5-11-22)32-21-23-12-6-7-13-26(23)29(32)34/h3-7,10-17,27H,1-2,8-9,18-21H2,(H,30,33)/t27-/m0/s1. The van der Waals surface area contributed by atoms with Gasteiger partial charge in [-0.2, -0.15) is 4.31 Å². The summed E-state index contributed by atoms with van der Waals surface area (Å²) in [6.07, 6.45) is 4.20. The van der Waals surface area contributed by atoms with Gasteiger partial charge in [-0.3, -0.25) is 9.59 Å². The van der Waals surface area contributed by atoms with Crippen LogP contribution in [0.2, 0.25) is 0 Å². The number of nitrogens with zero attached hydrogens (tertiary/aromatic N) is 2. The lowest BCUT2D eigenvalue weighted by Crippen LogP contribution is -2.45. The van der Waals surface area contributed by atoms with Crippen molar-refractivity contribution in [2.45, 2.75) is 49.6 Å². The molecular weight excluding hydrogens is 486 g/mol. The molecule has 0 bridgehead atoms. The molecule has 0 aliphatic carbocycles. The molecule has 1 atom stereocenters. The van der Waals surface area contributed by atoms with Crippen LogP contribution < -0.4 is 5.32 Å². The van der Waals surface area contributed by atoms with E-state index < -0.39 is 16.1 Å². The topological polar surface area (TPSA) is 86.8 Å². The molecule has 2 heterocycles. The summed E-state index contributed by atoms with van der Waals surface area (Å²) < 4.78 is 27.8. The largest absolute Gasteiger partial charge is 0.324 e. The highest BCUT2D eigenvalue weighted by Crippen LogP contribution is 2.27. The Morgan fingerprint density at radius 3 is 2.16 bits per heavy atom. The van der Waals surface area contributed by atoms with E-state index in [-0.39, 0.29) is 16.7 Å². The Morgan fingerprint density at radius 2 is 1.49 bits per heavy atom. The molecule has 192 valence electrons. The third-order valence-corrected chi connectivity index (χ3v) is 9.04. The molecule has 0 spiro atoms. The summed E-state index contributed by atoms with van der Waals surface area (Å²) in [5.74, 6) is -0.473. The number of carbonyl (C=O) groups is 2. The van der Waals surface area contributed by atoms with Crippen LogP contribution in [-0.4, -0.2) is 48.6 Å². The fourth-order valence-electron chi connectivity index (χ4n) is 5.08. The Kier molecular flexibility index (Phi) is 7.39. The predicted octanol–water partition coefficient (Wildman–Crippen LogP) is 4.46. The van der Waals surface area contributed by atoms with Gasteiger partial charge in [0, 0.05) is 37.3 Å². The highest BCUT2D eigenvalue weighted by atomic mass is 32.2. The van der Waals surface area contributed by atoms with E-state index in [9.17, 15) is 18.0 Å². The second kappa shape index (κ2) is 10.9. The number of hydrogen-bond donors (Lipinski definition) is 1. The van der Waals surface area contributed by atoms with Gasteiger partial charge in [-0.25, -0.2) is 8.42 Å². The minimum atomic E-state index is -3.57. The summed E-state index contributed by atoms with van der Waals surface area (Å²) in [5, 5.41) is 2.91. The molecule has 37 heavy (non-hydrogen) atoms. The number of fused-ring (bicyclic) bond motifs is 1. The second-order valence-corrected chi connectivity index (χ2v) is 11.6. The number of sulfonamides is 1. The molecule has 0 aromatic heterocycles. The molecule has 0 unspecified atom stereocenters. The Morgan fingerprint density at radius 1 is 0.838 bits per heavy atom. The number of amides is 2. The summed E-state index contributed by atoms with van der Waals surface area (Å²) in [6, 6.07) is 22.6. The summed E-state index contributed by atoms with van der Waals surface area (Å²) in [5.41, 5.74) is 2.96. The maximum absolute atomic E-state index is 13.5. The highest BCUT2D eigenvalue weighted by Gasteiger charge is 2.36. The summed E-state index contributed by atoms with van der Waals surface area (Å²) >= 11 is 0. The molecule has 1 fully saturated rings. The Balaban J connectivity index is 1.35. The monoisotopic (exact) mass is 517 g/mol. The van der Waals surface area contributed by atoms with Gasteiger partial charge in [-0.15, -0.1) is 0 Å². The second-order valence-electron chi connectivity index (χ2n) is 9.63. The van der Waals surface area contributed by atoms with E-state index in [1.807, 2.05) is 48.5 Å². The minimum Gasteiger partial charge on any atom is -0.324 e. The smallest absolute Gasteiger partial charge is 0.255 e. The average Bonchev–Trinajstić information content (AvgIpc) is 3.07. The number of nitrogens with one attached hydrogen (secondary N) is 1. The fourth-order valence-corrected chi connectivity index (χ4v) is 6.59. The fraction of sp³-hybridized carbons (Fsp3) is 0.310. The van der Waals surface area contributed by atoms with Crippen LogP contribution >= 0.6 is 0 Å². The number of carbonyl (C=O) groups excluding carboxylic acids is 2. The molecule has 2 aliphatic rings. The molecule has 0 saturated carbocycles. The van der Waals surface area contributed by atoms with Crippen molar-refractivity contribution in [2.24, 2.45) is 0 Å². The first-order chi connectivity index (χ1) is 17.9. The van der Waals surface area contributed by atoms with Crippen LogP contribution in [0.5, 0.6) is 0 Å². The molecule has 5 rings (SSSR count). The van der Waals surface area contributed by atoms with E-state index in [1.165, 1.54) is 0 Å². The number of rotatable bonds is 7. The molecule has 3 aromatic carbocycles. The first-order valence-electron chi connectivity index (χ1n) is 12.8. The predicted molar refractivity (Wildman–Crippen MR) is 143 cm³/mol. The van der Waals surface area contributed by atoms with Gasteiger partial charge in [0.2, 0.25) is 15.9 Å². The number of hydrogen-bond acceptors (Lipinski definition) is 4. The zero-order chi connectivity index (χ0) is 25.8. The van der Waals surface area contributed by atoms with Crippen molar-refractivity contribution in [1.82, 2.24) is 9.21 Å². The van der Waals surface area contributed by atoms with E-state index in [0.717, 1.165) is 36.8 Å². The zero-order valence-corrected chi connectivity index (χ0v) is 21.5. The highest BCUT2D eigenvalue weighted by molar-refractivity contribution is 7.89. The Bertz CT molecular complexity index is 1370. The van der Waals surface area contributed by atoms with E-state index in [0.29, 0.717) is 37.3 Å².